The van der Waals surface area contributed by atoms with Crippen molar-refractivity contribution < 1.29 is 20.1 Å². The third-order valence-corrected chi connectivity index (χ3v) is 1.59. The van der Waals surface area contributed by atoms with E-state index >= 15 is 0 Å². The zero-order valence-corrected chi connectivity index (χ0v) is 7.42. The first-order valence-corrected chi connectivity index (χ1v) is 3.78. The minimum atomic E-state index is -1.47. The summed E-state index contributed by atoms with van der Waals surface area (Å²) in [5, 5.41) is 31.6. The zero-order chi connectivity index (χ0) is 11.0. The van der Waals surface area contributed by atoms with Gasteiger partial charge in [0.1, 0.15) is 12.1 Å². The van der Waals surface area contributed by atoms with E-state index in [9.17, 15) is 4.79 Å². The smallest absolute Gasteiger partial charge is 0.226 e. The summed E-state index contributed by atoms with van der Waals surface area (Å²) in [5.41, 5.74) is 6.45. The van der Waals surface area contributed by atoms with E-state index in [4.69, 9.17) is 20.9 Å². The van der Waals surface area contributed by atoms with Crippen LogP contribution in [-0.2, 0) is 4.79 Å². The van der Waals surface area contributed by atoms with Crippen molar-refractivity contribution in [1.82, 2.24) is 5.32 Å². The van der Waals surface area contributed by atoms with Gasteiger partial charge in [0.05, 0.1) is 19.8 Å². The largest absolute Gasteiger partial charge is 0.394 e. The fourth-order valence-corrected chi connectivity index (χ4v) is 0.700. The number of nitrogens with zero attached hydrogens (tertiary/aromatic N) is 3. The van der Waals surface area contributed by atoms with Gasteiger partial charge in [-0.1, -0.05) is 5.11 Å². The lowest BCUT2D eigenvalue weighted by Gasteiger charge is -2.28. The van der Waals surface area contributed by atoms with E-state index in [2.05, 4.69) is 15.3 Å². The molecule has 0 aromatic heterocycles. The number of hydrogen-bond donors (Lipinski definition) is 4. The van der Waals surface area contributed by atoms with E-state index in [0.29, 0.717) is 0 Å². The Morgan fingerprint density at radius 1 is 1.36 bits per heavy atom. The molecule has 0 aliphatic carbocycles. The first-order chi connectivity index (χ1) is 6.64. The van der Waals surface area contributed by atoms with Crippen molar-refractivity contribution in [1.29, 1.82) is 0 Å². The highest BCUT2D eigenvalue weighted by Crippen LogP contribution is 2.00. The van der Waals surface area contributed by atoms with Gasteiger partial charge in [0.25, 0.3) is 0 Å². The zero-order valence-electron chi connectivity index (χ0n) is 7.42. The standard InChI is InChI=1S/C6H12N4O4/c7-10-8-1-5(14)9-6(2-11,3-12)4-13/h11-13H,1-4H2,(H,9,14). The van der Waals surface area contributed by atoms with Gasteiger partial charge in [-0.05, 0) is 5.53 Å². The maximum Gasteiger partial charge on any atom is 0.226 e. The van der Waals surface area contributed by atoms with Crippen LogP contribution >= 0.6 is 0 Å². The first-order valence-electron chi connectivity index (χ1n) is 3.78. The van der Waals surface area contributed by atoms with Crippen LogP contribution in [0.1, 0.15) is 0 Å². The molecule has 14 heavy (non-hydrogen) atoms. The summed E-state index contributed by atoms with van der Waals surface area (Å²) in [6.45, 7) is -2.27. The van der Waals surface area contributed by atoms with Gasteiger partial charge in [-0.25, -0.2) is 0 Å². The summed E-state index contributed by atoms with van der Waals surface area (Å²) < 4.78 is 0. The second-order valence-corrected chi connectivity index (χ2v) is 2.69. The molecule has 8 heteroatoms. The molecular weight excluding hydrogens is 192 g/mol. The molecule has 0 unspecified atom stereocenters. The van der Waals surface area contributed by atoms with Gasteiger partial charge >= 0.3 is 0 Å². The number of azide groups is 1. The third-order valence-electron chi connectivity index (χ3n) is 1.59. The van der Waals surface area contributed by atoms with E-state index < -0.39 is 37.8 Å². The van der Waals surface area contributed by atoms with Gasteiger partial charge in [0, 0.05) is 4.91 Å². The van der Waals surface area contributed by atoms with Gasteiger partial charge in [0.15, 0.2) is 0 Å². The fourth-order valence-electron chi connectivity index (χ4n) is 0.700. The van der Waals surface area contributed by atoms with Crippen LogP contribution in [0.4, 0.5) is 0 Å². The number of carbonyl (C=O) groups excluding carboxylic acids is 1. The van der Waals surface area contributed by atoms with Crippen LogP contribution in [0, 0.1) is 0 Å². The highest BCUT2D eigenvalue weighted by atomic mass is 16.3. The maximum absolute atomic E-state index is 11.0. The Kier molecular flexibility index (Phi) is 5.58. The molecule has 0 heterocycles. The summed E-state index contributed by atoms with van der Waals surface area (Å²) in [7, 11) is 0. The van der Waals surface area contributed by atoms with Gasteiger partial charge in [-0.3, -0.25) is 4.79 Å². The Morgan fingerprint density at radius 3 is 2.21 bits per heavy atom. The molecule has 0 atom stereocenters. The number of hydrogen-bond acceptors (Lipinski definition) is 5. The Labute approximate surface area is 79.8 Å². The van der Waals surface area contributed by atoms with Crippen LogP contribution in [0.25, 0.3) is 10.4 Å². The molecule has 0 fully saturated rings. The number of rotatable bonds is 6. The molecule has 0 saturated carbocycles. The Balaban J connectivity index is 4.28. The molecule has 0 saturated heterocycles. The normalized spacial score (nSPS) is 10.5. The van der Waals surface area contributed by atoms with Crippen molar-refractivity contribution in [3.8, 4) is 0 Å². The summed E-state index contributed by atoms with van der Waals surface area (Å²) in [6.07, 6.45) is 0. The molecule has 1 amide bonds. The molecule has 0 aliphatic heterocycles. The second-order valence-electron chi connectivity index (χ2n) is 2.69. The number of aliphatic hydroxyl groups excluding tert-OH is 3. The molecule has 0 bridgehead atoms. The van der Waals surface area contributed by atoms with E-state index in [1.54, 1.807) is 0 Å². The molecule has 80 valence electrons. The maximum atomic E-state index is 11.0. The minimum Gasteiger partial charge on any atom is -0.394 e. The Bertz CT molecular complexity index is 226. The average molecular weight is 204 g/mol. The molecule has 0 aromatic rings. The Morgan fingerprint density at radius 2 is 1.86 bits per heavy atom. The summed E-state index contributed by atoms with van der Waals surface area (Å²) in [4.78, 5) is 13.3. The van der Waals surface area contributed by atoms with E-state index in [-0.39, 0.29) is 0 Å². The van der Waals surface area contributed by atoms with E-state index in [0.717, 1.165) is 0 Å². The number of nitrogens with one attached hydrogen (secondary N) is 1. The highest BCUT2D eigenvalue weighted by molar-refractivity contribution is 5.79. The average Bonchev–Trinajstić information content (AvgIpc) is 2.23. The van der Waals surface area contributed by atoms with Crippen LogP contribution in [0.15, 0.2) is 5.11 Å². The van der Waals surface area contributed by atoms with Crippen LogP contribution < -0.4 is 5.32 Å². The minimum absolute atomic E-state index is 0.446. The molecule has 4 N–H and O–H groups in total. The predicted molar refractivity (Wildman–Crippen MR) is 46.1 cm³/mol. The van der Waals surface area contributed by atoms with Crippen molar-refractivity contribution in [2.75, 3.05) is 26.4 Å². The van der Waals surface area contributed by atoms with E-state index in [1.165, 1.54) is 0 Å². The second kappa shape index (κ2) is 6.17. The molecule has 0 aromatic carbocycles. The van der Waals surface area contributed by atoms with Crippen LogP contribution in [0.2, 0.25) is 0 Å². The SMILES string of the molecule is [N-]=[N+]=NCC(=O)NC(CO)(CO)CO. The molecule has 0 aliphatic rings. The van der Waals surface area contributed by atoms with Gasteiger partial charge in [0.2, 0.25) is 5.91 Å². The Hall–Kier alpha value is -1.34. The lowest BCUT2D eigenvalue weighted by atomic mass is 10.0. The lowest BCUT2D eigenvalue weighted by Crippen LogP contribution is -2.57. The van der Waals surface area contributed by atoms with Gasteiger partial charge < -0.3 is 20.6 Å². The summed E-state index contributed by atoms with van der Waals surface area (Å²) in [6, 6.07) is 0. The lowest BCUT2D eigenvalue weighted by molar-refractivity contribution is -0.123. The van der Waals surface area contributed by atoms with Crippen molar-refractivity contribution in [3.05, 3.63) is 10.4 Å². The molecular formula is C6H12N4O4. The van der Waals surface area contributed by atoms with Gasteiger partial charge in [-0.15, -0.1) is 0 Å². The summed E-state index contributed by atoms with van der Waals surface area (Å²) in [5.74, 6) is -0.681. The predicted octanol–water partition coefficient (Wildman–Crippen LogP) is -1.87. The number of aliphatic hydroxyl groups is 3. The fraction of sp³-hybridized carbons (Fsp3) is 0.833. The van der Waals surface area contributed by atoms with Crippen LogP contribution in [0.3, 0.4) is 0 Å². The third kappa shape index (κ3) is 3.58. The molecule has 0 spiro atoms. The number of carbonyl (C=O) groups is 1. The molecule has 0 rings (SSSR count). The van der Waals surface area contributed by atoms with Crippen molar-refractivity contribution in [2.45, 2.75) is 5.54 Å². The highest BCUT2D eigenvalue weighted by Gasteiger charge is 2.29. The van der Waals surface area contributed by atoms with Crippen molar-refractivity contribution in [2.24, 2.45) is 5.11 Å². The van der Waals surface area contributed by atoms with Crippen molar-refractivity contribution >= 4 is 5.91 Å². The quantitative estimate of drug-likeness (QED) is 0.228. The monoisotopic (exact) mass is 204 g/mol. The number of amides is 1. The molecule has 8 nitrogen and oxygen atoms in total. The molecule has 0 radical (unpaired) electrons. The topological polar surface area (TPSA) is 139 Å². The summed E-state index contributed by atoms with van der Waals surface area (Å²) >= 11 is 0. The van der Waals surface area contributed by atoms with E-state index in [1.807, 2.05) is 0 Å². The first kappa shape index (κ1) is 12.7. The van der Waals surface area contributed by atoms with Gasteiger partial charge in [-0.2, -0.15) is 0 Å². The van der Waals surface area contributed by atoms with Crippen LogP contribution in [-0.4, -0.2) is 53.1 Å². The van der Waals surface area contributed by atoms with Crippen LogP contribution in [0.5, 0.6) is 0 Å². The van der Waals surface area contributed by atoms with Crippen molar-refractivity contribution in [3.63, 3.8) is 0 Å².